The van der Waals surface area contributed by atoms with E-state index in [0.29, 0.717) is 5.92 Å². The summed E-state index contributed by atoms with van der Waals surface area (Å²) in [7, 11) is 0. The van der Waals surface area contributed by atoms with E-state index in [2.05, 4.69) is 29.2 Å². The van der Waals surface area contributed by atoms with Crippen LogP contribution in [0.5, 0.6) is 0 Å². The molecule has 0 saturated heterocycles. The molecule has 18 heavy (non-hydrogen) atoms. The summed E-state index contributed by atoms with van der Waals surface area (Å²) in [6.45, 7) is 0.973. The normalized spacial score (nSPS) is 20.1. The first-order chi connectivity index (χ1) is 8.93. The second-order valence-electron chi connectivity index (χ2n) is 5.52. The van der Waals surface area contributed by atoms with Gasteiger partial charge in [0.1, 0.15) is 0 Å². The van der Waals surface area contributed by atoms with E-state index in [0.717, 1.165) is 13.0 Å². The van der Waals surface area contributed by atoms with E-state index in [1.165, 1.54) is 53.6 Å². The molecular weight excluding hydrogens is 220 g/mol. The minimum Gasteiger partial charge on any atom is -0.353 e. The lowest BCUT2D eigenvalue weighted by atomic mass is 9.93. The summed E-state index contributed by atoms with van der Waals surface area (Å²) in [5.74, 6) is 0.706. The van der Waals surface area contributed by atoms with E-state index in [-0.39, 0.29) is 0 Å². The molecule has 2 heterocycles. The number of aromatic nitrogens is 1. The van der Waals surface area contributed by atoms with Crippen LogP contribution in [0.25, 0.3) is 10.9 Å². The van der Waals surface area contributed by atoms with Crippen molar-refractivity contribution in [1.29, 1.82) is 0 Å². The average Bonchev–Trinajstić information content (AvgIpc) is 3.05. The van der Waals surface area contributed by atoms with Crippen molar-refractivity contribution in [2.45, 2.75) is 32.1 Å². The minimum absolute atomic E-state index is 0.706. The molecule has 1 saturated carbocycles. The number of hydrogen-bond acceptors (Lipinski definition) is 1. The van der Waals surface area contributed by atoms with Gasteiger partial charge in [0, 0.05) is 23.4 Å². The Morgan fingerprint density at radius 3 is 2.83 bits per heavy atom. The number of rotatable bonds is 1. The molecule has 1 N–H and O–H groups in total. The highest BCUT2D eigenvalue weighted by molar-refractivity contribution is 6.07. The van der Waals surface area contributed by atoms with Crippen LogP contribution in [0.2, 0.25) is 0 Å². The van der Waals surface area contributed by atoms with Crippen molar-refractivity contribution in [3.8, 4) is 0 Å². The monoisotopic (exact) mass is 238 g/mol. The highest BCUT2D eigenvalue weighted by Gasteiger charge is 2.27. The number of para-hydroxylation sites is 1. The lowest BCUT2D eigenvalue weighted by Crippen LogP contribution is -2.19. The third kappa shape index (κ3) is 1.45. The standard InChI is InChI=1S/C16H18N2/c1-2-6-11(5-1)15-16-13(9-10-17-15)12-7-3-4-8-14(12)18-16/h3-4,7-8,11,18H,1-2,5-6,9-10H2. The van der Waals surface area contributed by atoms with Crippen molar-refractivity contribution in [2.75, 3.05) is 6.54 Å². The van der Waals surface area contributed by atoms with Crippen LogP contribution in [0.15, 0.2) is 29.3 Å². The van der Waals surface area contributed by atoms with Crippen LogP contribution in [0.3, 0.4) is 0 Å². The molecular formula is C16H18N2. The van der Waals surface area contributed by atoms with Crippen molar-refractivity contribution >= 4 is 16.6 Å². The number of fused-ring (bicyclic) bond motifs is 3. The molecule has 1 aliphatic carbocycles. The predicted octanol–water partition coefficient (Wildman–Crippen LogP) is 3.70. The molecule has 2 aromatic rings. The molecule has 1 fully saturated rings. The maximum atomic E-state index is 4.83. The first kappa shape index (κ1) is 10.4. The summed E-state index contributed by atoms with van der Waals surface area (Å²) in [4.78, 5) is 8.45. The van der Waals surface area contributed by atoms with Gasteiger partial charge in [0.2, 0.25) is 0 Å². The molecule has 4 rings (SSSR count). The minimum atomic E-state index is 0.706. The van der Waals surface area contributed by atoms with Crippen molar-refractivity contribution in [3.05, 3.63) is 35.5 Å². The highest BCUT2D eigenvalue weighted by Crippen LogP contribution is 2.33. The Hall–Kier alpha value is -1.57. The Morgan fingerprint density at radius 2 is 1.94 bits per heavy atom. The Morgan fingerprint density at radius 1 is 1.11 bits per heavy atom. The fraction of sp³-hybridized carbons (Fsp3) is 0.438. The third-order valence-electron chi connectivity index (χ3n) is 4.46. The summed E-state index contributed by atoms with van der Waals surface area (Å²) in [5, 5.41) is 1.40. The Balaban J connectivity index is 1.87. The maximum Gasteiger partial charge on any atom is 0.0641 e. The molecule has 0 unspecified atom stereocenters. The molecule has 1 aromatic heterocycles. The highest BCUT2D eigenvalue weighted by atomic mass is 14.8. The molecule has 1 aliphatic heterocycles. The summed E-state index contributed by atoms with van der Waals surface area (Å²) in [6, 6.07) is 8.66. The zero-order valence-corrected chi connectivity index (χ0v) is 10.6. The first-order valence-corrected chi connectivity index (χ1v) is 7.08. The first-order valence-electron chi connectivity index (χ1n) is 7.08. The van der Waals surface area contributed by atoms with Gasteiger partial charge in [-0.05, 0) is 30.9 Å². The molecule has 0 bridgehead atoms. The number of aliphatic imine (C=N–C) groups is 1. The summed E-state index contributed by atoms with van der Waals surface area (Å²) >= 11 is 0. The largest absolute Gasteiger partial charge is 0.353 e. The number of hydrogen-bond donors (Lipinski definition) is 1. The Labute approximate surface area is 107 Å². The van der Waals surface area contributed by atoms with E-state index in [9.17, 15) is 0 Å². The molecule has 0 amide bonds. The molecule has 1 aromatic carbocycles. The van der Waals surface area contributed by atoms with Gasteiger partial charge in [0.25, 0.3) is 0 Å². The van der Waals surface area contributed by atoms with Gasteiger partial charge in [-0.1, -0.05) is 31.0 Å². The number of benzene rings is 1. The van der Waals surface area contributed by atoms with E-state index in [1.807, 2.05) is 0 Å². The van der Waals surface area contributed by atoms with Gasteiger partial charge in [0.15, 0.2) is 0 Å². The van der Waals surface area contributed by atoms with Crippen LogP contribution < -0.4 is 0 Å². The molecule has 2 heteroatoms. The van der Waals surface area contributed by atoms with Gasteiger partial charge < -0.3 is 4.98 Å². The summed E-state index contributed by atoms with van der Waals surface area (Å²) < 4.78 is 0. The number of aromatic amines is 1. The second kappa shape index (κ2) is 3.98. The van der Waals surface area contributed by atoms with Crippen molar-refractivity contribution in [3.63, 3.8) is 0 Å². The number of nitrogens with zero attached hydrogens (tertiary/aromatic N) is 1. The van der Waals surface area contributed by atoms with Crippen LogP contribution >= 0.6 is 0 Å². The predicted molar refractivity (Wildman–Crippen MR) is 75.4 cm³/mol. The zero-order valence-electron chi connectivity index (χ0n) is 10.6. The van der Waals surface area contributed by atoms with Gasteiger partial charge in [-0.25, -0.2) is 0 Å². The Kier molecular flexibility index (Phi) is 2.29. The topological polar surface area (TPSA) is 28.1 Å². The maximum absolute atomic E-state index is 4.83. The lowest BCUT2D eigenvalue weighted by molar-refractivity contribution is 0.715. The zero-order chi connectivity index (χ0) is 11.9. The van der Waals surface area contributed by atoms with Crippen LogP contribution in [0.1, 0.15) is 36.9 Å². The second-order valence-corrected chi connectivity index (χ2v) is 5.52. The van der Waals surface area contributed by atoms with Gasteiger partial charge in [0.05, 0.1) is 11.4 Å². The molecule has 92 valence electrons. The van der Waals surface area contributed by atoms with Crippen LogP contribution in [0, 0.1) is 5.92 Å². The van der Waals surface area contributed by atoms with Gasteiger partial charge in [-0.15, -0.1) is 0 Å². The fourth-order valence-corrected chi connectivity index (χ4v) is 3.58. The summed E-state index contributed by atoms with van der Waals surface area (Å²) in [6.07, 6.45) is 6.50. The Bertz CT molecular complexity index is 615. The number of nitrogens with one attached hydrogen (secondary N) is 1. The SMILES string of the molecule is c1ccc2c3c([nH]c2c1)C(C1CCCC1)=NCC3. The molecule has 0 spiro atoms. The molecule has 0 radical (unpaired) electrons. The quantitative estimate of drug-likeness (QED) is 0.784. The fourth-order valence-electron chi connectivity index (χ4n) is 3.58. The molecule has 2 aliphatic rings. The van der Waals surface area contributed by atoms with E-state index >= 15 is 0 Å². The third-order valence-corrected chi connectivity index (χ3v) is 4.46. The van der Waals surface area contributed by atoms with Gasteiger partial charge in [-0.3, -0.25) is 4.99 Å². The van der Waals surface area contributed by atoms with Crippen LogP contribution in [-0.2, 0) is 6.42 Å². The molecule has 2 nitrogen and oxygen atoms in total. The van der Waals surface area contributed by atoms with E-state index in [4.69, 9.17) is 4.99 Å². The van der Waals surface area contributed by atoms with E-state index < -0.39 is 0 Å². The number of H-pyrrole nitrogens is 1. The van der Waals surface area contributed by atoms with E-state index in [1.54, 1.807) is 0 Å². The van der Waals surface area contributed by atoms with Gasteiger partial charge in [-0.2, -0.15) is 0 Å². The smallest absolute Gasteiger partial charge is 0.0641 e. The summed E-state index contributed by atoms with van der Waals surface area (Å²) in [5.41, 5.74) is 5.48. The van der Waals surface area contributed by atoms with Crippen LogP contribution in [0.4, 0.5) is 0 Å². The van der Waals surface area contributed by atoms with Crippen molar-refractivity contribution < 1.29 is 0 Å². The molecule has 0 atom stereocenters. The lowest BCUT2D eigenvalue weighted by Gasteiger charge is -2.18. The van der Waals surface area contributed by atoms with Crippen LogP contribution in [-0.4, -0.2) is 17.2 Å². The van der Waals surface area contributed by atoms with Crippen molar-refractivity contribution in [1.82, 2.24) is 4.98 Å². The van der Waals surface area contributed by atoms with Gasteiger partial charge >= 0.3 is 0 Å². The van der Waals surface area contributed by atoms with Crippen molar-refractivity contribution in [2.24, 2.45) is 10.9 Å². The average molecular weight is 238 g/mol.